The first kappa shape index (κ1) is 8.57. The van der Waals surface area contributed by atoms with Crippen LogP contribution in [0.4, 0.5) is 5.69 Å². The molecular formula is C11H15NO. The summed E-state index contributed by atoms with van der Waals surface area (Å²) in [5.41, 5.74) is 1.17. The van der Waals surface area contributed by atoms with Crippen LogP contribution < -0.4 is 5.32 Å². The lowest BCUT2D eigenvalue weighted by Gasteiger charge is -2.04. The van der Waals surface area contributed by atoms with Crippen LogP contribution >= 0.6 is 0 Å². The van der Waals surface area contributed by atoms with E-state index in [0.29, 0.717) is 18.4 Å². The van der Waals surface area contributed by atoms with Crippen LogP contribution in [-0.4, -0.2) is 18.3 Å². The van der Waals surface area contributed by atoms with Crippen molar-refractivity contribution in [2.45, 2.75) is 6.42 Å². The third-order valence-electron chi connectivity index (χ3n) is 2.65. The number of nitrogens with one attached hydrogen (secondary N) is 1. The van der Waals surface area contributed by atoms with Crippen molar-refractivity contribution in [1.82, 2.24) is 0 Å². The number of benzene rings is 1. The number of hydrogen-bond acceptors (Lipinski definition) is 2. The molecule has 0 unspecified atom stereocenters. The summed E-state index contributed by atoms with van der Waals surface area (Å²) in [6.45, 7) is 1.34. The van der Waals surface area contributed by atoms with E-state index in [2.05, 4.69) is 17.4 Å². The zero-order chi connectivity index (χ0) is 9.10. The first-order valence-electron chi connectivity index (χ1n) is 4.80. The number of aliphatic hydroxyl groups excluding tert-OH is 1. The van der Waals surface area contributed by atoms with Gasteiger partial charge in [-0.3, -0.25) is 0 Å². The van der Waals surface area contributed by atoms with Crippen LogP contribution in [0.5, 0.6) is 0 Å². The number of rotatable bonds is 4. The Morgan fingerprint density at radius 1 is 1.23 bits per heavy atom. The standard InChI is InChI=1S/C11H15NO/c13-8-10-6-9(10)7-12-11-4-2-1-3-5-11/h1-5,9-10,12-13H,6-8H2/t9-,10+/m1/s1. The molecule has 2 nitrogen and oxygen atoms in total. The van der Waals surface area contributed by atoms with Crippen molar-refractivity contribution in [3.05, 3.63) is 30.3 Å². The van der Waals surface area contributed by atoms with E-state index in [-0.39, 0.29) is 0 Å². The molecule has 0 aromatic heterocycles. The van der Waals surface area contributed by atoms with Crippen molar-refractivity contribution >= 4 is 5.69 Å². The van der Waals surface area contributed by atoms with Gasteiger partial charge in [-0.1, -0.05) is 18.2 Å². The molecule has 70 valence electrons. The minimum atomic E-state index is 0.348. The zero-order valence-corrected chi connectivity index (χ0v) is 7.61. The topological polar surface area (TPSA) is 32.3 Å². The van der Waals surface area contributed by atoms with Gasteiger partial charge in [0.2, 0.25) is 0 Å². The summed E-state index contributed by atoms with van der Waals surface area (Å²) in [5.74, 6) is 1.24. The van der Waals surface area contributed by atoms with Crippen molar-refractivity contribution in [3.8, 4) is 0 Å². The molecule has 1 aromatic carbocycles. The molecule has 0 saturated heterocycles. The molecule has 2 N–H and O–H groups in total. The van der Waals surface area contributed by atoms with Gasteiger partial charge in [0.1, 0.15) is 0 Å². The summed E-state index contributed by atoms with van der Waals surface area (Å²) in [4.78, 5) is 0. The summed E-state index contributed by atoms with van der Waals surface area (Å²) in [6, 6.07) is 10.2. The summed E-state index contributed by atoms with van der Waals surface area (Å²) in [7, 11) is 0. The van der Waals surface area contributed by atoms with E-state index in [1.54, 1.807) is 0 Å². The Kier molecular flexibility index (Phi) is 2.50. The van der Waals surface area contributed by atoms with Crippen molar-refractivity contribution in [1.29, 1.82) is 0 Å². The summed E-state index contributed by atoms with van der Waals surface area (Å²) in [5, 5.41) is 12.2. The van der Waals surface area contributed by atoms with Crippen molar-refractivity contribution in [3.63, 3.8) is 0 Å². The maximum absolute atomic E-state index is 8.85. The van der Waals surface area contributed by atoms with Gasteiger partial charge in [0.15, 0.2) is 0 Å². The molecule has 0 amide bonds. The second-order valence-corrected chi connectivity index (χ2v) is 3.69. The van der Waals surface area contributed by atoms with Crippen LogP contribution in [0.25, 0.3) is 0 Å². The largest absolute Gasteiger partial charge is 0.396 e. The monoisotopic (exact) mass is 177 g/mol. The van der Waals surface area contributed by atoms with Gasteiger partial charge in [-0.2, -0.15) is 0 Å². The molecule has 1 aliphatic rings. The maximum atomic E-state index is 8.85. The highest BCUT2D eigenvalue weighted by Gasteiger charge is 2.35. The predicted molar refractivity (Wildman–Crippen MR) is 53.6 cm³/mol. The Labute approximate surface area is 78.6 Å². The zero-order valence-electron chi connectivity index (χ0n) is 7.61. The van der Waals surface area contributed by atoms with E-state index < -0.39 is 0 Å². The van der Waals surface area contributed by atoms with E-state index in [0.717, 1.165) is 6.54 Å². The molecule has 2 atom stereocenters. The molecule has 0 radical (unpaired) electrons. The molecule has 0 heterocycles. The third-order valence-corrected chi connectivity index (χ3v) is 2.65. The Bertz CT molecular complexity index is 260. The van der Waals surface area contributed by atoms with Crippen LogP contribution in [0.2, 0.25) is 0 Å². The van der Waals surface area contributed by atoms with Gasteiger partial charge in [0.25, 0.3) is 0 Å². The fourth-order valence-electron chi connectivity index (χ4n) is 1.59. The SMILES string of the molecule is OC[C@@H]1C[C@@H]1CNc1ccccc1. The highest BCUT2D eigenvalue weighted by molar-refractivity contribution is 5.42. The minimum Gasteiger partial charge on any atom is -0.396 e. The van der Waals surface area contributed by atoms with Gasteiger partial charge in [-0.05, 0) is 30.4 Å². The smallest absolute Gasteiger partial charge is 0.0462 e. The van der Waals surface area contributed by atoms with Gasteiger partial charge >= 0.3 is 0 Å². The van der Waals surface area contributed by atoms with E-state index >= 15 is 0 Å². The molecule has 1 fully saturated rings. The van der Waals surface area contributed by atoms with E-state index in [1.165, 1.54) is 12.1 Å². The highest BCUT2D eigenvalue weighted by atomic mass is 16.3. The Morgan fingerprint density at radius 3 is 2.62 bits per heavy atom. The van der Waals surface area contributed by atoms with Crippen LogP contribution in [0.1, 0.15) is 6.42 Å². The molecule has 0 spiro atoms. The van der Waals surface area contributed by atoms with Gasteiger partial charge in [-0.15, -0.1) is 0 Å². The normalized spacial score (nSPS) is 25.6. The minimum absolute atomic E-state index is 0.348. The first-order chi connectivity index (χ1) is 6.40. The van der Waals surface area contributed by atoms with E-state index in [1.807, 2.05) is 18.2 Å². The molecule has 13 heavy (non-hydrogen) atoms. The van der Waals surface area contributed by atoms with Crippen LogP contribution in [0, 0.1) is 11.8 Å². The van der Waals surface area contributed by atoms with Crippen LogP contribution in [-0.2, 0) is 0 Å². The first-order valence-corrected chi connectivity index (χ1v) is 4.80. The summed E-state index contributed by atoms with van der Waals surface area (Å²) in [6.07, 6.45) is 1.18. The molecule has 2 heteroatoms. The van der Waals surface area contributed by atoms with Gasteiger partial charge in [0.05, 0.1) is 0 Å². The fraction of sp³-hybridized carbons (Fsp3) is 0.455. The molecule has 1 aliphatic carbocycles. The number of para-hydroxylation sites is 1. The van der Waals surface area contributed by atoms with Gasteiger partial charge in [-0.25, -0.2) is 0 Å². The average Bonchev–Trinajstić information content (AvgIpc) is 2.95. The van der Waals surface area contributed by atoms with E-state index in [9.17, 15) is 0 Å². The number of aliphatic hydroxyl groups is 1. The van der Waals surface area contributed by atoms with Crippen molar-refractivity contribution < 1.29 is 5.11 Å². The quantitative estimate of drug-likeness (QED) is 0.734. The summed E-state index contributed by atoms with van der Waals surface area (Å²) >= 11 is 0. The molecule has 2 rings (SSSR count). The Hall–Kier alpha value is -1.02. The van der Waals surface area contributed by atoms with Crippen LogP contribution in [0.15, 0.2) is 30.3 Å². The fourth-order valence-corrected chi connectivity index (χ4v) is 1.59. The maximum Gasteiger partial charge on any atom is 0.0462 e. The van der Waals surface area contributed by atoms with Gasteiger partial charge in [0, 0.05) is 18.8 Å². The third kappa shape index (κ3) is 2.22. The lowest BCUT2D eigenvalue weighted by atomic mass is 10.3. The summed E-state index contributed by atoms with van der Waals surface area (Å²) < 4.78 is 0. The molecule has 1 saturated carbocycles. The second kappa shape index (κ2) is 3.79. The Morgan fingerprint density at radius 2 is 2.00 bits per heavy atom. The number of anilines is 1. The highest BCUT2D eigenvalue weighted by Crippen LogP contribution is 2.37. The average molecular weight is 177 g/mol. The van der Waals surface area contributed by atoms with Gasteiger partial charge < -0.3 is 10.4 Å². The second-order valence-electron chi connectivity index (χ2n) is 3.69. The number of hydrogen-bond donors (Lipinski definition) is 2. The molecule has 1 aromatic rings. The van der Waals surface area contributed by atoms with E-state index in [4.69, 9.17) is 5.11 Å². The van der Waals surface area contributed by atoms with Crippen LogP contribution in [0.3, 0.4) is 0 Å². The molecule has 0 aliphatic heterocycles. The van der Waals surface area contributed by atoms with Crippen molar-refractivity contribution in [2.75, 3.05) is 18.5 Å². The Balaban J connectivity index is 1.75. The molecule has 0 bridgehead atoms. The predicted octanol–water partition coefficient (Wildman–Crippen LogP) is 1.73. The van der Waals surface area contributed by atoms with Crippen molar-refractivity contribution in [2.24, 2.45) is 11.8 Å². The lowest BCUT2D eigenvalue weighted by molar-refractivity contribution is 0.270. The molecular weight excluding hydrogens is 162 g/mol. The lowest BCUT2D eigenvalue weighted by Crippen LogP contribution is -2.05.